The van der Waals surface area contributed by atoms with E-state index in [-0.39, 0.29) is 0 Å². The smallest absolute Gasteiger partial charge is 0.00230 e. The van der Waals surface area contributed by atoms with Crippen LogP contribution in [-0.2, 0) is 12.8 Å². The third-order valence-electron chi connectivity index (χ3n) is 5.89. The van der Waals surface area contributed by atoms with Crippen molar-refractivity contribution in [1.82, 2.24) is 0 Å². The summed E-state index contributed by atoms with van der Waals surface area (Å²) in [7, 11) is 0. The van der Waals surface area contributed by atoms with E-state index in [0.717, 1.165) is 18.3 Å². The van der Waals surface area contributed by atoms with Gasteiger partial charge in [0.25, 0.3) is 0 Å². The zero-order valence-electron chi connectivity index (χ0n) is 14.9. The Morgan fingerprint density at radius 3 is 2.09 bits per heavy atom. The third-order valence-corrected chi connectivity index (χ3v) is 5.89. The van der Waals surface area contributed by atoms with E-state index >= 15 is 0 Å². The standard InChI is InChI=1S/C23H30/c1-17-9-11-21(12-10-17)16-23-14-13-22(18(2)19(23)3)15-20-7-5-4-6-8-20/h4-8,13-14,17,21H,9-12,15-16H2,1-3H3. The summed E-state index contributed by atoms with van der Waals surface area (Å²) < 4.78 is 0. The molecular formula is C23H30. The van der Waals surface area contributed by atoms with E-state index in [9.17, 15) is 0 Å². The van der Waals surface area contributed by atoms with E-state index < -0.39 is 0 Å². The molecule has 0 aliphatic heterocycles. The van der Waals surface area contributed by atoms with Crippen molar-refractivity contribution in [2.24, 2.45) is 11.8 Å². The van der Waals surface area contributed by atoms with Gasteiger partial charge in [0.05, 0.1) is 0 Å². The first kappa shape index (κ1) is 16.3. The zero-order chi connectivity index (χ0) is 16.2. The minimum absolute atomic E-state index is 0.907. The fraction of sp³-hybridized carbons (Fsp3) is 0.478. The van der Waals surface area contributed by atoms with Gasteiger partial charge in [-0.1, -0.05) is 62.2 Å². The third kappa shape index (κ3) is 4.05. The fourth-order valence-corrected chi connectivity index (χ4v) is 4.01. The summed E-state index contributed by atoms with van der Waals surface area (Å²) in [6.07, 6.45) is 8.03. The predicted molar refractivity (Wildman–Crippen MR) is 100.0 cm³/mol. The molecule has 1 aliphatic rings. The molecule has 0 unspecified atom stereocenters. The molecule has 1 aliphatic carbocycles. The van der Waals surface area contributed by atoms with Gasteiger partial charge in [-0.25, -0.2) is 0 Å². The van der Waals surface area contributed by atoms with Crippen molar-refractivity contribution in [3.63, 3.8) is 0 Å². The van der Waals surface area contributed by atoms with Gasteiger partial charge < -0.3 is 0 Å². The van der Waals surface area contributed by atoms with E-state index in [1.807, 2.05) is 0 Å². The van der Waals surface area contributed by atoms with Crippen molar-refractivity contribution in [3.05, 3.63) is 70.3 Å². The van der Waals surface area contributed by atoms with Crippen LogP contribution in [0, 0.1) is 25.7 Å². The number of rotatable bonds is 4. The summed E-state index contributed by atoms with van der Waals surface area (Å²) in [6.45, 7) is 7.04. The SMILES string of the molecule is Cc1c(Cc2ccccc2)ccc(CC2CCC(C)CC2)c1C. The maximum Gasteiger partial charge on any atom is -0.00230 e. The van der Waals surface area contributed by atoms with Crippen molar-refractivity contribution in [2.45, 2.75) is 59.3 Å². The molecular weight excluding hydrogens is 276 g/mol. The molecule has 1 fully saturated rings. The second-order valence-electron chi connectivity index (χ2n) is 7.63. The second-order valence-corrected chi connectivity index (χ2v) is 7.63. The quantitative estimate of drug-likeness (QED) is 0.625. The fourth-order valence-electron chi connectivity index (χ4n) is 4.01. The summed E-state index contributed by atoms with van der Waals surface area (Å²) in [5.74, 6) is 1.85. The summed E-state index contributed by atoms with van der Waals surface area (Å²) in [5.41, 5.74) is 7.49. The Kier molecular flexibility index (Phi) is 5.20. The monoisotopic (exact) mass is 306 g/mol. The molecule has 0 atom stereocenters. The van der Waals surface area contributed by atoms with Crippen LogP contribution in [0.5, 0.6) is 0 Å². The minimum atomic E-state index is 0.907. The summed E-state index contributed by atoms with van der Waals surface area (Å²) >= 11 is 0. The molecule has 0 heteroatoms. The van der Waals surface area contributed by atoms with Crippen LogP contribution in [0.15, 0.2) is 42.5 Å². The van der Waals surface area contributed by atoms with Crippen LogP contribution in [0.25, 0.3) is 0 Å². The second kappa shape index (κ2) is 7.34. The number of hydrogen-bond donors (Lipinski definition) is 0. The lowest BCUT2D eigenvalue weighted by molar-refractivity contribution is 0.288. The molecule has 0 saturated heterocycles. The molecule has 0 N–H and O–H groups in total. The molecule has 0 heterocycles. The summed E-state index contributed by atoms with van der Waals surface area (Å²) in [4.78, 5) is 0. The number of benzene rings is 2. The van der Waals surface area contributed by atoms with Gasteiger partial charge in [0, 0.05) is 0 Å². The summed E-state index contributed by atoms with van der Waals surface area (Å²) in [5, 5.41) is 0. The van der Waals surface area contributed by atoms with Gasteiger partial charge in [-0.05, 0) is 79.2 Å². The lowest BCUT2D eigenvalue weighted by atomic mass is 9.79. The van der Waals surface area contributed by atoms with Gasteiger partial charge in [0.1, 0.15) is 0 Å². The first-order valence-corrected chi connectivity index (χ1v) is 9.25. The van der Waals surface area contributed by atoms with Crippen LogP contribution in [-0.4, -0.2) is 0 Å². The van der Waals surface area contributed by atoms with Gasteiger partial charge in [0.2, 0.25) is 0 Å². The molecule has 1 saturated carbocycles. The summed E-state index contributed by atoms with van der Waals surface area (Å²) in [6, 6.07) is 15.6. The van der Waals surface area contributed by atoms with E-state index in [1.165, 1.54) is 54.4 Å². The maximum absolute atomic E-state index is 2.41. The van der Waals surface area contributed by atoms with Crippen molar-refractivity contribution >= 4 is 0 Å². The zero-order valence-corrected chi connectivity index (χ0v) is 14.9. The van der Waals surface area contributed by atoms with Crippen LogP contribution in [0.4, 0.5) is 0 Å². The Hall–Kier alpha value is -1.56. The van der Waals surface area contributed by atoms with Gasteiger partial charge >= 0.3 is 0 Å². The van der Waals surface area contributed by atoms with Crippen LogP contribution >= 0.6 is 0 Å². The molecule has 0 spiro atoms. The topological polar surface area (TPSA) is 0 Å². The van der Waals surface area contributed by atoms with Crippen LogP contribution in [0.1, 0.15) is 60.4 Å². The van der Waals surface area contributed by atoms with Crippen LogP contribution < -0.4 is 0 Å². The van der Waals surface area contributed by atoms with E-state index in [1.54, 1.807) is 5.56 Å². The Bertz CT molecular complexity index is 631. The van der Waals surface area contributed by atoms with E-state index in [0.29, 0.717) is 0 Å². The van der Waals surface area contributed by atoms with Crippen molar-refractivity contribution < 1.29 is 0 Å². The van der Waals surface area contributed by atoms with Crippen molar-refractivity contribution in [1.29, 1.82) is 0 Å². The Morgan fingerprint density at radius 1 is 0.783 bits per heavy atom. The van der Waals surface area contributed by atoms with Gasteiger partial charge in [0.15, 0.2) is 0 Å². The first-order chi connectivity index (χ1) is 11.1. The highest BCUT2D eigenvalue weighted by molar-refractivity contribution is 5.42. The lowest BCUT2D eigenvalue weighted by Gasteiger charge is -2.27. The molecule has 0 bridgehead atoms. The Morgan fingerprint density at radius 2 is 1.39 bits per heavy atom. The van der Waals surface area contributed by atoms with Crippen LogP contribution in [0.2, 0.25) is 0 Å². The van der Waals surface area contributed by atoms with Crippen molar-refractivity contribution in [3.8, 4) is 0 Å². The van der Waals surface area contributed by atoms with Crippen molar-refractivity contribution in [2.75, 3.05) is 0 Å². The lowest BCUT2D eigenvalue weighted by Crippen LogP contribution is -2.15. The molecule has 23 heavy (non-hydrogen) atoms. The number of hydrogen-bond acceptors (Lipinski definition) is 0. The minimum Gasteiger partial charge on any atom is -0.0625 e. The highest BCUT2D eigenvalue weighted by atomic mass is 14.2. The molecule has 2 aromatic rings. The van der Waals surface area contributed by atoms with Gasteiger partial charge in [-0.3, -0.25) is 0 Å². The maximum atomic E-state index is 2.41. The van der Waals surface area contributed by atoms with Crippen LogP contribution in [0.3, 0.4) is 0 Å². The Labute approximate surface area is 141 Å². The van der Waals surface area contributed by atoms with E-state index in [2.05, 4.69) is 63.2 Å². The molecule has 3 rings (SSSR count). The molecule has 0 amide bonds. The Balaban J connectivity index is 1.72. The van der Waals surface area contributed by atoms with E-state index in [4.69, 9.17) is 0 Å². The highest BCUT2D eigenvalue weighted by Gasteiger charge is 2.19. The molecule has 0 nitrogen and oxygen atoms in total. The highest BCUT2D eigenvalue weighted by Crippen LogP contribution is 2.32. The molecule has 0 aromatic heterocycles. The average molecular weight is 306 g/mol. The average Bonchev–Trinajstić information content (AvgIpc) is 2.57. The normalized spacial score (nSPS) is 21.3. The molecule has 122 valence electrons. The largest absolute Gasteiger partial charge is 0.0625 e. The molecule has 0 radical (unpaired) electrons. The first-order valence-electron chi connectivity index (χ1n) is 9.25. The predicted octanol–water partition coefficient (Wildman–Crippen LogP) is 6.26. The van der Waals surface area contributed by atoms with Gasteiger partial charge in [-0.15, -0.1) is 0 Å². The molecule has 2 aromatic carbocycles. The van der Waals surface area contributed by atoms with Gasteiger partial charge in [-0.2, -0.15) is 0 Å².